The monoisotopic (exact) mass is 551 g/mol. The van der Waals surface area contributed by atoms with Crippen LogP contribution in [0, 0.1) is 10.8 Å². The van der Waals surface area contributed by atoms with E-state index in [-0.39, 0.29) is 48.2 Å². The maximum atomic E-state index is 12.7. The Bertz CT molecular complexity index is 991. The maximum Gasteiger partial charge on any atom is 0.508 e. The Morgan fingerprint density at radius 1 is 0.923 bits per heavy atom. The summed E-state index contributed by atoms with van der Waals surface area (Å²) in [6.07, 6.45) is 0.231. The number of esters is 2. The van der Waals surface area contributed by atoms with Gasteiger partial charge in [0.05, 0.1) is 19.4 Å². The molecule has 2 unspecified atom stereocenters. The summed E-state index contributed by atoms with van der Waals surface area (Å²) in [4.78, 5) is 49.0. The van der Waals surface area contributed by atoms with Crippen molar-refractivity contribution in [1.82, 2.24) is 0 Å². The number of rotatable bonds is 13. The quantitative estimate of drug-likeness (QED) is 0.180. The van der Waals surface area contributed by atoms with Crippen LogP contribution in [0.3, 0.4) is 0 Å². The maximum absolute atomic E-state index is 12.7. The molecule has 3 atom stereocenters. The number of unbranched alkanes of at least 4 members (excludes halogenated alkanes) is 1. The van der Waals surface area contributed by atoms with Gasteiger partial charge in [-0.2, -0.15) is 0 Å². The summed E-state index contributed by atoms with van der Waals surface area (Å²) >= 11 is 0. The van der Waals surface area contributed by atoms with Gasteiger partial charge in [-0.3, -0.25) is 14.4 Å². The Morgan fingerprint density at radius 3 is 1.95 bits per heavy atom. The number of carboxylic acid groups (broad SMARTS) is 1. The molecule has 0 fully saturated rings. The van der Waals surface area contributed by atoms with Gasteiger partial charge in [0.2, 0.25) is 0 Å². The van der Waals surface area contributed by atoms with E-state index < -0.39 is 42.1 Å². The summed E-state index contributed by atoms with van der Waals surface area (Å²) in [6.45, 7) is 15.1. The molecule has 0 spiro atoms. The summed E-state index contributed by atoms with van der Waals surface area (Å²) in [7, 11) is 0. The zero-order valence-electron chi connectivity index (χ0n) is 24.5. The van der Waals surface area contributed by atoms with Crippen molar-refractivity contribution in [2.45, 2.75) is 106 Å². The minimum Gasteiger partial charge on any atom is -0.480 e. The Kier molecular flexibility index (Phi) is 12.9. The number of aliphatic carboxylic acids is 1. The molecule has 0 heterocycles. The standard InChI is InChI=1S/C29H45NO9/c1-9-10-13-36-27(35)37-18(2)14-20(25(30)26(33)34)19-11-12-21(38-23(31)16-28(3,4)5)22(15-19)39-24(32)17-29(6,7)8/h11-12,15,18,20,25H,9-10,13-14,16-17,30H2,1-8H3,(H,33,34)/t18?,20?,25-/m0/s1. The highest BCUT2D eigenvalue weighted by Gasteiger charge is 2.31. The van der Waals surface area contributed by atoms with Crippen LogP contribution in [0.5, 0.6) is 11.5 Å². The molecular formula is C29H45NO9. The van der Waals surface area contributed by atoms with Crippen LogP contribution in [0.1, 0.15) is 99.0 Å². The van der Waals surface area contributed by atoms with E-state index in [0.29, 0.717) is 12.0 Å². The van der Waals surface area contributed by atoms with Gasteiger partial charge in [-0.1, -0.05) is 61.0 Å². The van der Waals surface area contributed by atoms with Crippen LogP contribution < -0.4 is 15.2 Å². The Morgan fingerprint density at radius 2 is 1.46 bits per heavy atom. The van der Waals surface area contributed by atoms with Gasteiger partial charge in [0, 0.05) is 5.92 Å². The number of hydrogen-bond acceptors (Lipinski definition) is 9. The molecule has 0 radical (unpaired) electrons. The van der Waals surface area contributed by atoms with Crippen LogP contribution in [-0.4, -0.2) is 47.9 Å². The van der Waals surface area contributed by atoms with Crippen molar-refractivity contribution in [2.75, 3.05) is 6.61 Å². The minimum atomic E-state index is -1.36. The van der Waals surface area contributed by atoms with Crippen molar-refractivity contribution in [1.29, 1.82) is 0 Å². The highest BCUT2D eigenvalue weighted by molar-refractivity contribution is 5.77. The second-order valence-electron chi connectivity index (χ2n) is 12.2. The second-order valence-corrected chi connectivity index (χ2v) is 12.2. The molecule has 220 valence electrons. The fourth-order valence-electron chi connectivity index (χ4n) is 3.67. The lowest BCUT2D eigenvalue weighted by Crippen LogP contribution is -2.38. The molecular weight excluding hydrogens is 506 g/mol. The van der Waals surface area contributed by atoms with E-state index in [9.17, 15) is 24.3 Å². The summed E-state index contributed by atoms with van der Waals surface area (Å²) in [5, 5.41) is 9.66. The molecule has 0 aliphatic rings. The van der Waals surface area contributed by atoms with Crippen molar-refractivity contribution in [3.8, 4) is 11.5 Å². The molecule has 1 aromatic rings. The fraction of sp³-hybridized carbons (Fsp3) is 0.655. The van der Waals surface area contributed by atoms with E-state index in [1.54, 1.807) is 13.0 Å². The molecule has 0 aromatic heterocycles. The first-order chi connectivity index (χ1) is 17.9. The molecule has 10 nitrogen and oxygen atoms in total. The zero-order chi connectivity index (χ0) is 30.0. The van der Waals surface area contributed by atoms with Crippen LogP contribution in [0.25, 0.3) is 0 Å². The van der Waals surface area contributed by atoms with Gasteiger partial charge in [-0.15, -0.1) is 0 Å². The van der Waals surface area contributed by atoms with Crippen molar-refractivity contribution in [2.24, 2.45) is 16.6 Å². The van der Waals surface area contributed by atoms with Gasteiger partial charge in [-0.05, 0) is 48.3 Å². The summed E-state index contributed by atoms with van der Waals surface area (Å²) in [6, 6.07) is 3.09. The van der Waals surface area contributed by atoms with Crippen LogP contribution >= 0.6 is 0 Å². The molecule has 0 amide bonds. The minimum absolute atomic E-state index is 0.0286. The van der Waals surface area contributed by atoms with E-state index in [1.165, 1.54) is 12.1 Å². The molecule has 39 heavy (non-hydrogen) atoms. The van der Waals surface area contributed by atoms with Gasteiger partial charge in [0.25, 0.3) is 0 Å². The molecule has 1 aromatic carbocycles. The van der Waals surface area contributed by atoms with Gasteiger partial charge in [0.15, 0.2) is 11.5 Å². The largest absolute Gasteiger partial charge is 0.508 e. The van der Waals surface area contributed by atoms with Crippen LogP contribution in [0.4, 0.5) is 4.79 Å². The average Bonchev–Trinajstić information content (AvgIpc) is 2.75. The first-order valence-electron chi connectivity index (χ1n) is 13.3. The van der Waals surface area contributed by atoms with E-state index in [2.05, 4.69) is 0 Å². The fourth-order valence-corrected chi connectivity index (χ4v) is 3.67. The number of benzene rings is 1. The first kappa shape index (κ1) is 33.9. The molecule has 0 aliphatic carbocycles. The molecule has 0 saturated heterocycles. The number of hydrogen-bond donors (Lipinski definition) is 2. The molecule has 3 N–H and O–H groups in total. The molecule has 0 saturated carbocycles. The second kappa shape index (κ2) is 14.9. The molecule has 0 bridgehead atoms. The number of ether oxygens (including phenoxy) is 4. The summed E-state index contributed by atoms with van der Waals surface area (Å²) in [5.41, 5.74) is 5.76. The first-order valence-corrected chi connectivity index (χ1v) is 13.3. The lowest BCUT2D eigenvalue weighted by Gasteiger charge is -2.25. The smallest absolute Gasteiger partial charge is 0.480 e. The summed E-state index contributed by atoms with van der Waals surface area (Å²) in [5.74, 6) is -3.14. The Balaban J connectivity index is 3.32. The number of nitrogens with two attached hydrogens (primary N) is 1. The summed E-state index contributed by atoms with van der Waals surface area (Å²) < 4.78 is 21.4. The average molecular weight is 552 g/mol. The van der Waals surface area contributed by atoms with Crippen LogP contribution in [0.15, 0.2) is 18.2 Å². The highest BCUT2D eigenvalue weighted by Crippen LogP contribution is 2.36. The van der Waals surface area contributed by atoms with Crippen LogP contribution in [0.2, 0.25) is 0 Å². The number of carboxylic acids is 1. The van der Waals surface area contributed by atoms with E-state index >= 15 is 0 Å². The SMILES string of the molecule is CCCCOC(=O)OC(C)CC(c1ccc(OC(=O)CC(C)(C)C)c(OC(=O)CC(C)(C)C)c1)[C@H](N)C(=O)O. The molecule has 1 rings (SSSR count). The van der Waals surface area contributed by atoms with Crippen molar-refractivity contribution in [3.63, 3.8) is 0 Å². The third-order valence-electron chi connectivity index (χ3n) is 5.51. The Hall–Kier alpha value is -3.14. The van der Waals surface area contributed by atoms with Gasteiger partial charge >= 0.3 is 24.1 Å². The number of carbonyl (C=O) groups is 4. The van der Waals surface area contributed by atoms with E-state index in [4.69, 9.17) is 24.7 Å². The Labute approximate surface area is 231 Å². The highest BCUT2D eigenvalue weighted by atomic mass is 16.7. The van der Waals surface area contributed by atoms with Crippen molar-refractivity contribution >= 4 is 24.1 Å². The third-order valence-corrected chi connectivity index (χ3v) is 5.51. The lowest BCUT2D eigenvalue weighted by molar-refractivity contribution is -0.139. The van der Waals surface area contributed by atoms with E-state index in [0.717, 1.165) is 6.42 Å². The predicted octanol–water partition coefficient (Wildman–Crippen LogP) is 5.60. The van der Waals surface area contributed by atoms with Gasteiger partial charge in [0.1, 0.15) is 12.1 Å². The predicted molar refractivity (Wildman–Crippen MR) is 146 cm³/mol. The lowest BCUT2D eigenvalue weighted by atomic mass is 9.87. The molecule has 10 heteroatoms. The van der Waals surface area contributed by atoms with Crippen molar-refractivity contribution in [3.05, 3.63) is 23.8 Å². The third kappa shape index (κ3) is 13.5. The van der Waals surface area contributed by atoms with Crippen molar-refractivity contribution < 1.29 is 43.2 Å². The zero-order valence-corrected chi connectivity index (χ0v) is 24.5. The van der Waals surface area contributed by atoms with Gasteiger partial charge in [-0.25, -0.2) is 4.79 Å². The van der Waals surface area contributed by atoms with E-state index in [1.807, 2.05) is 48.5 Å². The topological polar surface area (TPSA) is 151 Å². The normalized spacial score (nSPS) is 14.1. The molecule has 0 aliphatic heterocycles. The van der Waals surface area contributed by atoms with Gasteiger partial charge < -0.3 is 29.8 Å². The van der Waals surface area contributed by atoms with Crippen LogP contribution in [-0.2, 0) is 23.9 Å². The number of carbonyl (C=O) groups excluding carboxylic acids is 3.